The summed E-state index contributed by atoms with van der Waals surface area (Å²) in [5.74, 6) is -1.85. The largest absolute Gasteiger partial charge is 0.318 e. The summed E-state index contributed by atoms with van der Waals surface area (Å²) in [6, 6.07) is 15.0. The number of aromatic nitrogens is 1. The van der Waals surface area contributed by atoms with Gasteiger partial charge in [-0.15, -0.1) is 0 Å². The highest BCUT2D eigenvalue weighted by Gasteiger charge is 2.18. The van der Waals surface area contributed by atoms with Crippen LogP contribution in [0.5, 0.6) is 0 Å². The topological polar surface area (TPSA) is 63.1 Å². The zero-order chi connectivity index (χ0) is 19.6. The second-order valence-corrected chi connectivity index (χ2v) is 6.90. The highest BCUT2D eigenvalue weighted by Crippen LogP contribution is 2.23. The Morgan fingerprint density at radius 3 is 2.26 bits per heavy atom. The summed E-state index contributed by atoms with van der Waals surface area (Å²) in [5, 5.41) is 0. The van der Waals surface area contributed by atoms with Crippen molar-refractivity contribution in [2.45, 2.75) is 13.8 Å². The fourth-order valence-electron chi connectivity index (χ4n) is 2.90. The van der Waals surface area contributed by atoms with Crippen molar-refractivity contribution in [2.75, 3.05) is 0 Å². The normalized spacial score (nSPS) is 10.5. The number of benzene rings is 2. The molecule has 0 spiro atoms. The van der Waals surface area contributed by atoms with Gasteiger partial charge in [-0.1, -0.05) is 34.1 Å². The van der Waals surface area contributed by atoms with Crippen molar-refractivity contribution < 1.29 is 14.0 Å². The van der Waals surface area contributed by atoms with Crippen LogP contribution in [0, 0.1) is 19.7 Å². The van der Waals surface area contributed by atoms with Crippen molar-refractivity contribution in [1.82, 2.24) is 15.4 Å². The summed E-state index contributed by atoms with van der Waals surface area (Å²) in [5.41, 5.74) is 7.37. The predicted octanol–water partition coefficient (Wildman–Crippen LogP) is 4.07. The molecule has 2 N–H and O–H groups in total. The van der Waals surface area contributed by atoms with Gasteiger partial charge in [-0.05, 0) is 50.2 Å². The van der Waals surface area contributed by atoms with E-state index in [4.69, 9.17) is 0 Å². The molecule has 7 heteroatoms. The smallest absolute Gasteiger partial charge is 0.272 e. The zero-order valence-corrected chi connectivity index (χ0v) is 16.3. The van der Waals surface area contributed by atoms with Gasteiger partial charge in [0.25, 0.3) is 11.8 Å². The number of carbonyl (C=O) groups is 2. The number of hydrogen-bond donors (Lipinski definition) is 2. The standard InChI is InChI=1S/C20H17BrFN3O2/c1-12-10-17(13(2)25(12)15-7-5-6-14(21)11-15)20(27)24-23-19(26)16-8-3-4-9-18(16)22/h3-11H,1-2H3,(H,23,26)(H,24,27). The Kier molecular flexibility index (Phi) is 5.41. The first-order valence-electron chi connectivity index (χ1n) is 8.18. The van der Waals surface area contributed by atoms with Gasteiger partial charge in [0.15, 0.2) is 0 Å². The number of aryl methyl sites for hydroxylation is 1. The molecule has 0 radical (unpaired) electrons. The minimum absolute atomic E-state index is 0.141. The first-order chi connectivity index (χ1) is 12.9. The molecular weight excluding hydrogens is 413 g/mol. The Balaban J connectivity index is 1.79. The van der Waals surface area contributed by atoms with E-state index >= 15 is 0 Å². The van der Waals surface area contributed by atoms with Gasteiger partial charge in [0, 0.05) is 21.5 Å². The molecular formula is C20H17BrFN3O2. The molecule has 1 aromatic heterocycles. The van der Waals surface area contributed by atoms with Crippen molar-refractivity contribution in [3.63, 3.8) is 0 Å². The minimum Gasteiger partial charge on any atom is -0.318 e. The number of carbonyl (C=O) groups excluding carboxylic acids is 2. The Labute approximate surface area is 164 Å². The zero-order valence-electron chi connectivity index (χ0n) is 14.7. The van der Waals surface area contributed by atoms with Gasteiger partial charge in [-0.25, -0.2) is 4.39 Å². The summed E-state index contributed by atoms with van der Waals surface area (Å²) in [6.07, 6.45) is 0. The van der Waals surface area contributed by atoms with E-state index in [-0.39, 0.29) is 5.56 Å². The molecule has 2 aromatic carbocycles. The van der Waals surface area contributed by atoms with Crippen molar-refractivity contribution in [3.8, 4) is 5.69 Å². The fourth-order valence-corrected chi connectivity index (χ4v) is 3.29. The lowest BCUT2D eigenvalue weighted by atomic mass is 10.2. The van der Waals surface area contributed by atoms with Crippen LogP contribution in [-0.2, 0) is 0 Å². The van der Waals surface area contributed by atoms with Gasteiger partial charge in [-0.2, -0.15) is 0 Å². The average molecular weight is 430 g/mol. The lowest BCUT2D eigenvalue weighted by Crippen LogP contribution is -2.42. The molecule has 0 aliphatic heterocycles. The molecule has 0 fully saturated rings. The molecule has 0 aliphatic carbocycles. The third-order valence-corrected chi connectivity index (χ3v) is 4.64. The van der Waals surface area contributed by atoms with Crippen LogP contribution in [0.2, 0.25) is 0 Å². The van der Waals surface area contributed by atoms with Gasteiger partial charge >= 0.3 is 0 Å². The summed E-state index contributed by atoms with van der Waals surface area (Å²) < 4.78 is 16.5. The van der Waals surface area contributed by atoms with E-state index in [0.717, 1.165) is 21.5 Å². The van der Waals surface area contributed by atoms with Gasteiger partial charge in [0.05, 0.1) is 11.1 Å². The molecule has 27 heavy (non-hydrogen) atoms. The third-order valence-electron chi connectivity index (χ3n) is 4.15. The molecule has 0 aliphatic rings. The fraction of sp³-hybridized carbons (Fsp3) is 0.100. The summed E-state index contributed by atoms with van der Waals surface area (Å²) in [4.78, 5) is 24.5. The first kappa shape index (κ1) is 18.8. The van der Waals surface area contributed by atoms with Crippen LogP contribution in [0.4, 0.5) is 4.39 Å². The van der Waals surface area contributed by atoms with Crippen LogP contribution in [0.1, 0.15) is 32.1 Å². The number of hydrogen-bond acceptors (Lipinski definition) is 2. The Bertz CT molecular complexity index is 1030. The molecule has 0 bridgehead atoms. The molecule has 3 rings (SSSR count). The van der Waals surface area contributed by atoms with Crippen LogP contribution >= 0.6 is 15.9 Å². The Hall–Kier alpha value is -2.93. The SMILES string of the molecule is Cc1cc(C(=O)NNC(=O)c2ccccc2F)c(C)n1-c1cccc(Br)c1. The number of halogens is 2. The molecule has 0 atom stereocenters. The maximum atomic E-state index is 13.6. The third kappa shape index (κ3) is 3.93. The number of amides is 2. The average Bonchev–Trinajstić information content (AvgIpc) is 2.94. The van der Waals surface area contributed by atoms with Crippen molar-refractivity contribution >= 4 is 27.7 Å². The predicted molar refractivity (Wildman–Crippen MR) is 104 cm³/mol. The summed E-state index contributed by atoms with van der Waals surface area (Å²) >= 11 is 3.44. The quantitative estimate of drug-likeness (QED) is 0.616. The van der Waals surface area contributed by atoms with Crippen molar-refractivity contribution in [3.05, 3.63) is 87.4 Å². The molecule has 5 nitrogen and oxygen atoms in total. The van der Waals surface area contributed by atoms with Crippen LogP contribution in [0.3, 0.4) is 0 Å². The number of hydrazine groups is 1. The highest BCUT2D eigenvalue weighted by atomic mass is 79.9. The molecule has 0 saturated heterocycles. The van der Waals surface area contributed by atoms with E-state index in [9.17, 15) is 14.0 Å². The maximum absolute atomic E-state index is 13.6. The lowest BCUT2D eigenvalue weighted by Gasteiger charge is -2.11. The van der Waals surface area contributed by atoms with Crippen LogP contribution in [-0.4, -0.2) is 16.4 Å². The monoisotopic (exact) mass is 429 g/mol. The van der Waals surface area contributed by atoms with E-state index in [1.54, 1.807) is 12.1 Å². The Morgan fingerprint density at radius 2 is 1.59 bits per heavy atom. The Morgan fingerprint density at radius 1 is 0.926 bits per heavy atom. The van der Waals surface area contributed by atoms with Crippen molar-refractivity contribution in [1.29, 1.82) is 0 Å². The second kappa shape index (κ2) is 7.75. The molecule has 0 unspecified atom stereocenters. The van der Waals surface area contributed by atoms with Crippen LogP contribution in [0.25, 0.3) is 5.69 Å². The lowest BCUT2D eigenvalue weighted by molar-refractivity contribution is 0.0844. The second-order valence-electron chi connectivity index (χ2n) is 5.99. The van der Waals surface area contributed by atoms with E-state index in [2.05, 4.69) is 26.8 Å². The van der Waals surface area contributed by atoms with Gasteiger partial charge in [-0.3, -0.25) is 20.4 Å². The van der Waals surface area contributed by atoms with E-state index in [1.807, 2.05) is 42.7 Å². The molecule has 0 saturated carbocycles. The summed E-state index contributed by atoms with van der Waals surface area (Å²) in [7, 11) is 0. The number of nitrogens with one attached hydrogen (secondary N) is 2. The molecule has 1 heterocycles. The van der Waals surface area contributed by atoms with E-state index in [1.165, 1.54) is 18.2 Å². The number of rotatable bonds is 3. The van der Waals surface area contributed by atoms with Crippen LogP contribution < -0.4 is 10.9 Å². The van der Waals surface area contributed by atoms with E-state index in [0.29, 0.717) is 5.56 Å². The van der Waals surface area contributed by atoms with Gasteiger partial charge in [0.1, 0.15) is 5.82 Å². The molecule has 138 valence electrons. The van der Waals surface area contributed by atoms with E-state index < -0.39 is 17.6 Å². The van der Waals surface area contributed by atoms with Gasteiger partial charge < -0.3 is 4.57 Å². The highest BCUT2D eigenvalue weighted by molar-refractivity contribution is 9.10. The maximum Gasteiger partial charge on any atom is 0.272 e. The van der Waals surface area contributed by atoms with Crippen molar-refractivity contribution in [2.24, 2.45) is 0 Å². The molecule has 3 aromatic rings. The molecule has 2 amide bonds. The summed E-state index contributed by atoms with van der Waals surface area (Å²) in [6.45, 7) is 3.71. The minimum atomic E-state index is -0.720. The van der Waals surface area contributed by atoms with Gasteiger partial charge in [0.2, 0.25) is 0 Å². The number of nitrogens with zero attached hydrogens (tertiary/aromatic N) is 1. The van der Waals surface area contributed by atoms with Crippen LogP contribution in [0.15, 0.2) is 59.1 Å². The first-order valence-corrected chi connectivity index (χ1v) is 8.98.